The highest BCUT2D eigenvalue weighted by Crippen LogP contribution is 2.35. The molecule has 0 aromatic heterocycles. The molecule has 0 spiro atoms. The van der Waals surface area contributed by atoms with Crippen molar-refractivity contribution < 1.29 is 29.2 Å². The van der Waals surface area contributed by atoms with E-state index in [2.05, 4.69) is 5.32 Å². The van der Waals surface area contributed by atoms with Crippen LogP contribution in [0.1, 0.15) is 11.1 Å². The lowest BCUT2D eigenvalue weighted by Crippen LogP contribution is -2.64. The van der Waals surface area contributed by atoms with Crippen molar-refractivity contribution in [2.75, 3.05) is 6.61 Å². The number of hydrogen-bond acceptors (Lipinski definition) is 7. The molecule has 0 bridgehead atoms. The van der Waals surface area contributed by atoms with Crippen LogP contribution in [0, 0.1) is 0 Å². The molecule has 5 atom stereocenters. The number of alkyl carbamates (subject to hydrolysis) is 1. The topological polar surface area (TPSA) is 97.3 Å². The lowest BCUT2D eigenvalue weighted by atomic mass is 9.97. The minimum absolute atomic E-state index is 0.0904. The molecule has 1 aliphatic heterocycles. The number of rotatable bonds is 9. The van der Waals surface area contributed by atoms with E-state index in [1.807, 2.05) is 91.0 Å². The molecule has 3 N–H and O–H groups in total. The van der Waals surface area contributed by atoms with Gasteiger partial charge in [0.25, 0.3) is 0 Å². The fourth-order valence-electron chi connectivity index (χ4n) is 3.82. The highest BCUT2D eigenvalue weighted by Gasteiger charge is 2.47. The molecule has 1 heterocycles. The maximum Gasteiger partial charge on any atom is 0.407 e. The summed E-state index contributed by atoms with van der Waals surface area (Å²) in [5.41, 5.74) is 1.19. The van der Waals surface area contributed by atoms with Crippen LogP contribution in [0.4, 0.5) is 4.79 Å². The van der Waals surface area contributed by atoms with Gasteiger partial charge in [0.2, 0.25) is 0 Å². The standard InChI is InChI=1S/C27H29NO6S/c29-16-22-24(30)23(28-27(31)33-18-20-12-6-2-7-13-20)25(32-17-19-10-4-1-5-11-19)26(34-22)35-21-14-8-3-9-15-21/h1-15,22-26,29-30H,16-18H2,(H,28,31)/t22-,23+,24-,25-,26-/m1/s1. The Morgan fingerprint density at radius 2 is 1.46 bits per heavy atom. The van der Waals surface area contributed by atoms with E-state index < -0.39 is 42.5 Å². The monoisotopic (exact) mass is 495 g/mol. The van der Waals surface area contributed by atoms with Crippen LogP contribution in [-0.2, 0) is 27.4 Å². The Bertz CT molecular complexity index is 1040. The van der Waals surface area contributed by atoms with Gasteiger partial charge in [-0.15, -0.1) is 0 Å². The smallest absolute Gasteiger partial charge is 0.407 e. The number of benzene rings is 3. The van der Waals surface area contributed by atoms with Crippen LogP contribution in [0.5, 0.6) is 0 Å². The van der Waals surface area contributed by atoms with Gasteiger partial charge < -0.3 is 29.7 Å². The molecule has 3 aromatic rings. The van der Waals surface area contributed by atoms with E-state index in [4.69, 9.17) is 14.2 Å². The van der Waals surface area contributed by atoms with Crippen LogP contribution in [-0.4, -0.2) is 52.7 Å². The third-order valence-corrected chi connectivity index (χ3v) is 6.79. The fourth-order valence-corrected chi connectivity index (χ4v) is 4.98. The molecule has 4 rings (SSSR count). The van der Waals surface area contributed by atoms with Crippen molar-refractivity contribution in [3.63, 3.8) is 0 Å². The minimum atomic E-state index is -1.20. The molecule has 3 aromatic carbocycles. The molecule has 0 saturated carbocycles. The maximum atomic E-state index is 12.7. The third kappa shape index (κ3) is 7.06. The highest BCUT2D eigenvalue weighted by molar-refractivity contribution is 7.99. The van der Waals surface area contributed by atoms with Gasteiger partial charge in [0.15, 0.2) is 0 Å². The number of carbonyl (C=O) groups is 1. The second kappa shape index (κ2) is 12.7. The average Bonchev–Trinajstić information content (AvgIpc) is 2.90. The van der Waals surface area contributed by atoms with Crippen LogP contribution in [0.15, 0.2) is 95.9 Å². The second-order valence-corrected chi connectivity index (χ2v) is 9.31. The first kappa shape index (κ1) is 25.2. The van der Waals surface area contributed by atoms with Gasteiger partial charge in [-0.1, -0.05) is 90.6 Å². The Morgan fingerprint density at radius 3 is 2.06 bits per heavy atom. The fraction of sp³-hybridized carbons (Fsp3) is 0.296. The molecular weight excluding hydrogens is 466 g/mol. The van der Waals surface area contributed by atoms with E-state index in [1.54, 1.807) is 0 Å². The summed E-state index contributed by atoms with van der Waals surface area (Å²) in [5.74, 6) is 0. The summed E-state index contributed by atoms with van der Waals surface area (Å²) in [6.07, 6.45) is -3.50. The van der Waals surface area contributed by atoms with E-state index in [9.17, 15) is 15.0 Å². The third-order valence-electron chi connectivity index (χ3n) is 5.64. The Kier molecular flexibility index (Phi) is 9.16. The van der Waals surface area contributed by atoms with E-state index in [0.717, 1.165) is 16.0 Å². The summed E-state index contributed by atoms with van der Waals surface area (Å²) in [7, 11) is 0. The summed E-state index contributed by atoms with van der Waals surface area (Å²) < 4.78 is 17.7. The van der Waals surface area contributed by atoms with E-state index in [1.165, 1.54) is 11.8 Å². The van der Waals surface area contributed by atoms with Crippen molar-refractivity contribution in [2.24, 2.45) is 0 Å². The summed E-state index contributed by atoms with van der Waals surface area (Å²) in [4.78, 5) is 13.6. The number of aliphatic hydroxyl groups is 2. The zero-order valence-corrected chi connectivity index (χ0v) is 19.9. The molecule has 7 nitrogen and oxygen atoms in total. The first-order valence-electron chi connectivity index (χ1n) is 11.4. The predicted octanol–water partition coefficient (Wildman–Crippen LogP) is 3.74. The molecule has 8 heteroatoms. The van der Waals surface area contributed by atoms with Gasteiger partial charge in [-0.05, 0) is 23.3 Å². The molecule has 184 valence electrons. The quantitative estimate of drug-likeness (QED) is 0.416. The lowest BCUT2D eigenvalue weighted by molar-refractivity contribution is -0.182. The molecular formula is C27H29NO6S. The zero-order valence-electron chi connectivity index (χ0n) is 19.1. The number of thioether (sulfide) groups is 1. The van der Waals surface area contributed by atoms with Crippen molar-refractivity contribution >= 4 is 17.9 Å². The summed E-state index contributed by atoms with van der Waals surface area (Å²) in [5, 5.41) is 23.6. The molecule has 1 aliphatic rings. The lowest BCUT2D eigenvalue weighted by Gasteiger charge is -2.44. The Balaban J connectivity index is 1.52. The van der Waals surface area contributed by atoms with E-state index in [-0.39, 0.29) is 13.2 Å². The van der Waals surface area contributed by atoms with Gasteiger partial charge in [-0.2, -0.15) is 0 Å². The molecule has 1 saturated heterocycles. The number of ether oxygens (including phenoxy) is 3. The SMILES string of the molecule is O=C(N[C@H]1[C@H](O)[C@@H](CO)O[C@H](Sc2ccccc2)[C@@H]1OCc1ccccc1)OCc1ccccc1. The van der Waals surface area contributed by atoms with Crippen LogP contribution >= 0.6 is 11.8 Å². The number of carbonyl (C=O) groups excluding carboxylic acids is 1. The van der Waals surface area contributed by atoms with Gasteiger partial charge in [-0.3, -0.25) is 0 Å². The molecule has 35 heavy (non-hydrogen) atoms. The van der Waals surface area contributed by atoms with Crippen molar-refractivity contribution in [2.45, 2.75) is 47.9 Å². The molecule has 0 unspecified atom stereocenters. The van der Waals surface area contributed by atoms with Gasteiger partial charge in [-0.25, -0.2) is 4.79 Å². The summed E-state index contributed by atoms with van der Waals surface area (Å²) in [6.45, 7) is -0.0582. The van der Waals surface area contributed by atoms with Gasteiger partial charge >= 0.3 is 6.09 Å². The molecule has 1 fully saturated rings. The van der Waals surface area contributed by atoms with Gasteiger partial charge in [0.05, 0.1) is 19.3 Å². The number of aliphatic hydroxyl groups excluding tert-OH is 2. The number of nitrogens with one attached hydrogen (secondary N) is 1. The van der Waals surface area contributed by atoms with Gasteiger partial charge in [0, 0.05) is 4.90 Å². The van der Waals surface area contributed by atoms with Crippen LogP contribution in [0.2, 0.25) is 0 Å². The largest absolute Gasteiger partial charge is 0.445 e. The predicted molar refractivity (Wildman–Crippen MR) is 133 cm³/mol. The Hall–Kier alpha value is -2.88. The Labute approximate surface area is 209 Å². The van der Waals surface area contributed by atoms with Crippen LogP contribution < -0.4 is 5.32 Å². The molecule has 0 radical (unpaired) electrons. The summed E-state index contributed by atoms with van der Waals surface area (Å²) >= 11 is 1.41. The zero-order chi connectivity index (χ0) is 24.5. The summed E-state index contributed by atoms with van der Waals surface area (Å²) in [6, 6.07) is 27.7. The Morgan fingerprint density at radius 1 is 0.886 bits per heavy atom. The first-order chi connectivity index (χ1) is 17.1. The second-order valence-electron chi connectivity index (χ2n) is 8.14. The molecule has 1 amide bonds. The van der Waals surface area contributed by atoms with Crippen molar-refractivity contribution in [1.29, 1.82) is 0 Å². The average molecular weight is 496 g/mol. The van der Waals surface area contributed by atoms with Crippen molar-refractivity contribution in [3.05, 3.63) is 102 Å². The number of amides is 1. The normalized spacial score (nSPS) is 24.0. The first-order valence-corrected chi connectivity index (χ1v) is 12.3. The van der Waals surface area contributed by atoms with Crippen molar-refractivity contribution in [3.8, 4) is 0 Å². The van der Waals surface area contributed by atoms with E-state index in [0.29, 0.717) is 0 Å². The maximum absolute atomic E-state index is 12.7. The van der Waals surface area contributed by atoms with Gasteiger partial charge in [0.1, 0.15) is 30.4 Å². The number of hydrogen-bond donors (Lipinski definition) is 3. The van der Waals surface area contributed by atoms with Crippen LogP contribution in [0.25, 0.3) is 0 Å². The van der Waals surface area contributed by atoms with Crippen molar-refractivity contribution in [1.82, 2.24) is 5.32 Å². The van der Waals surface area contributed by atoms with Crippen LogP contribution in [0.3, 0.4) is 0 Å². The highest BCUT2D eigenvalue weighted by atomic mass is 32.2. The minimum Gasteiger partial charge on any atom is -0.445 e. The van der Waals surface area contributed by atoms with E-state index >= 15 is 0 Å². The molecule has 0 aliphatic carbocycles.